The molecule has 0 saturated heterocycles. The molecule has 0 aromatic heterocycles. The van der Waals surface area contributed by atoms with Gasteiger partial charge in [0.25, 0.3) is 0 Å². The molecular weight excluding hydrogens is 390 g/mol. The smallest absolute Gasteiger partial charge is 0.192 e. The lowest BCUT2D eigenvalue weighted by atomic mass is 9.95. The normalized spacial score (nSPS) is 14.1. The van der Waals surface area contributed by atoms with E-state index in [-0.39, 0.29) is 22.3 Å². The largest absolute Gasteiger partial charge is 0.391 e. The van der Waals surface area contributed by atoms with Crippen LogP contribution in [0.1, 0.15) is 58.6 Å². The quantitative estimate of drug-likeness (QED) is 0.511. The van der Waals surface area contributed by atoms with E-state index in [4.69, 9.17) is 0 Å². The van der Waals surface area contributed by atoms with Gasteiger partial charge in [-0.05, 0) is 23.5 Å². The molecule has 164 valence electrons. The third kappa shape index (κ3) is 9.03. The Balaban J connectivity index is 2.25. The van der Waals surface area contributed by atoms with Gasteiger partial charge in [0.15, 0.2) is 5.12 Å². The zero-order valence-corrected chi connectivity index (χ0v) is 19.9. The fourth-order valence-corrected chi connectivity index (χ4v) is 4.59. The van der Waals surface area contributed by atoms with E-state index in [2.05, 4.69) is 43.0 Å². The van der Waals surface area contributed by atoms with Crippen LogP contribution in [0.25, 0.3) is 0 Å². The van der Waals surface area contributed by atoms with E-state index in [1.165, 1.54) is 22.9 Å². The van der Waals surface area contributed by atoms with Crippen molar-refractivity contribution in [3.63, 3.8) is 0 Å². The Labute approximate surface area is 186 Å². The van der Waals surface area contributed by atoms with Crippen LogP contribution >= 0.6 is 11.8 Å². The van der Waals surface area contributed by atoms with E-state index in [9.17, 15) is 9.90 Å². The summed E-state index contributed by atoms with van der Waals surface area (Å²) in [6.07, 6.45) is 0.329. The highest BCUT2D eigenvalue weighted by atomic mass is 32.2. The molecule has 0 radical (unpaired) electrons. The van der Waals surface area contributed by atoms with Crippen LogP contribution in [0.15, 0.2) is 60.7 Å². The minimum atomic E-state index is -0.692. The molecule has 2 aromatic rings. The number of carbonyl (C=O) groups excluding carboxylic acids is 1. The Morgan fingerprint density at radius 1 is 0.933 bits per heavy atom. The second-order valence-corrected chi connectivity index (χ2v) is 11.3. The van der Waals surface area contributed by atoms with Gasteiger partial charge in [-0.3, -0.25) is 9.69 Å². The third-order valence-electron chi connectivity index (χ3n) is 4.88. The highest BCUT2D eigenvalue weighted by molar-refractivity contribution is 8.14. The van der Waals surface area contributed by atoms with Gasteiger partial charge in [-0.1, -0.05) is 107 Å². The second kappa shape index (κ2) is 11.7. The van der Waals surface area contributed by atoms with Crippen molar-refractivity contribution in [3.8, 4) is 0 Å². The van der Waals surface area contributed by atoms with Crippen LogP contribution in [0.4, 0.5) is 0 Å². The molecule has 0 bridgehead atoms. The molecule has 30 heavy (non-hydrogen) atoms. The SMILES string of the molecule is CC(C)C[C@H]([C@@H](O)CC(=O)SC(C)(C)C)N(Cc1ccccc1)Cc1ccccc1. The van der Waals surface area contributed by atoms with Crippen molar-refractivity contribution >= 4 is 16.9 Å². The van der Waals surface area contributed by atoms with Crippen LogP contribution in [-0.2, 0) is 17.9 Å². The molecule has 0 saturated carbocycles. The lowest BCUT2D eigenvalue weighted by molar-refractivity contribution is -0.114. The van der Waals surface area contributed by atoms with Crippen molar-refractivity contribution in [3.05, 3.63) is 71.8 Å². The van der Waals surface area contributed by atoms with Crippen LogP contribution in [0, 0.1) is 5.92 Å². The Hall–Kier alpha value is -1.62. The van der Waals surface area contributed by atoms with Crippen LogP contribution in [0.3, 0.4) is 0 Å². The predicted octanol–water partition coefficient (Wildman–Crippen LogP) is 5.91. The van der Waals surface area contributed by atoms with E-state index in [0.29, 0.717) is 5.92 Å². The molecule has 0 fully saturated rings. The van der Waals surface area contributed by atoms with Crippen LogP contribution in [0.5, 0.6) is 0 Å². The third-order valence-corrected chi connectivity index (χ3v) is 5.89. The number of benzene rings is 2. The molecule has 0 unspecified atom stereocenters. The molecule has 0 amide bonds. The van der Waals surface area contributed by atoms with Gasteiger partial charge in [0, 0.05) is 30.3 Å². The fourth-order valence-electron chi connectivity index (χ4n) is 3.65. The number of aliphatic hydroxyl groups is 1. The minimum absolute atomic E-state index is 0.0585. The Kier molecular flexibility index (Phi) is 9.60. The topological polar surface area (TPSA) is 40.5 Å². The van der Waals surface area contributed by atoms with E-state index >= 15 is 0 Å². The zero-order valence-electron chi connectivity index (χ0n) is 19.0. The van der Waals surface area contributed by atoms with E-state index in [1.807, 2.05) is 57.2 Å². The molecule has 4 heteroatoms. The van der Waals surface area contributed by atoms with Crippen molar-refractivity contribution < 1.29 is 9.90 Å². The first kappa shape index (κ1) is 24.6. The maximum Gasteiger partial charge on any atom is 0.192 e. The maximum atomic E-state index is 12.6. The summed E-state index contributed by atoms with van der Waals surface area (Å²) >= 11 is 1.32. The molecule has 2 rings (SSSR count). The summed E-state index contributed by atoms with van der Waals surface area (Å²) in [5.41, 5.74) is 2.43. The van der Waals surface area contributed by atoms with Gasteiger partial charge in [0.05, 0.1) is 6.10 Å². The van der Waals surface area contributed by atoms with Gasteiger partial charge in [-0.2, -0.15) is 0 Å². The van der Waals surface area contributed by atoms with Crippen LogP contribution in [-0.4, -0.2) is 32.0 Å². The fraction of sp³-hybridized carbons (Fsp3) is 0.500. The molecule has 3 nitrogen and oxygen atoms in total. The molecule has 0 aliphatic rings. The Morgan fingerprint density at radius 3 is 1.80 bits per heavy atom. The second-order valence-electron chi connectivity index (χ2n) is 9.43. The van der Waals surface area contributed by atoms with Crippen LogP contribution < -0.4 is 0 Å². The summed E-state index contributed by atoms with van der Waals surface area (Å²) in [7, 11) is 0. The average Bonchev–Trinajstić information content (AvgIpc) is 2.65. The molecule has 0 heterocycles. The molecule has 0 aliphatic carbocycles. The molecule has 1 N–H and O–H groups in total. The number of rotatable bonds is 10. The first-order valence-corrected chi connectivity index (χ1v) is 11.7. The average molecular weight is 428 g/mol. The first-order valence-electron chi connectivity index (χ1n) is 10.9. The number of hydrogen-bond donors (Lipinski definition) is 1. The van der Waals surface area contributed by atoms with Crippen LogP contribution in [0.2, 0.25) is 0 Å². The number of carbonyl (C=O) groups is 1. The van der Waals surface area contributed by atoms with Crippen molar-refractivity contribution in [2.75, 3.05) is 0 Å². The lowest BCUT2D eigenvalue weighted by Gasteiger charge is -2.36. The highest BCUT2D eigenvalue weighted by Gasteiger charge is 2.30. The molecule has 2 atom stereocenters. The summed E-state index contributed by atoms with van der Waals surface area (Å²) in [5, 5.41) is 11.2. The van der Waals surface area contributed by atoms with Gasteiger partial charge in [-0.25, -0.2) is 0 Å². The number of thioether (sulfide) groups is 1. The van der Waals surface area contributed by atoms with Gasteiger partial charge >= 0.3 is 0 Å². The van der Waals surface area contributed by atoms with Crippen molar-refractivity contribution in [2.24, 2.45) is 5.92 Å². The number of aliphatic hydroxyl groups excluding tert-OH is 1. The van der Waals surface area contributed by atoms with E-state index < -0.39 is 6.10 Å². The van der Waals surface area contributed by atoms with Gasteiger partial charge in [0.1, 0.15) is 0 Å². The summed E-state index contributed by atoms with van der Waals surface area (Å²) in [6, 6.07) is 20.6. The molecule has 0 spiro atoms. The lowest BCUT2D eigenvalue weighted by Crippen LogP contribution is -2.44. The van der Waals surface area contributed by atoms with Crippen molar-refractivity contribution in [2.45, 2.75) is 77.4 Å². The Bertz CT molecular complexity index is 714. The first-order chi connectivity index (χ1) is 14.1. The van der Waals surface area contributed by atoms with Gasteiger partial charge in [-0.15, -0.1) is 0 Å². The number of nitrogens with zero attached hydrogens (tertiary/aromatic N) is 1. The maximum absolute atomic E-state index is 12.6. The molecule has 0 aliphatic heterocycles. The molecule has 2 aromatic carbocycles. The summed E-state index contributed by atoms with van der Waals surface area (Å²) in [6.45, 7) is 11.9. The summed E-state index contributed by atoms with van der Waals surface area (Å²) in [4.78, 5) is 14.9. The monoisotopic (exact) mass is 427 g/mol. The minimum Gasteiger partial charge on any atom is -0.391 e. The molecular formula is C26H37NO2S. The predicted molar refractivity (Wildman–Crippen MR) is 128 cm³/mol. The van der Waals surface area contributed by atoms with Crippen molar-refractivity contribution in [1.82, 2.24) is 4.90 Å². The Morgan fingerprint density at radius 2 is 1.40 bits per heavy atom. The van der Waals surface area contributed by atoms with Crippen molar-refractivity contribution in [1.29, 1.82) is 0 Å². The van der Waals surface area contributed by atoms with E-state index in [0.717, 1.165) is 19.5 Å². The van der Waals surface area contributed by atoms with E-state index in [1.54, 1.807) is 0 Å². The number of hydrogen-bond acceptors (Lipinski definition) is 4. The van der Waals surface area contributed by atoms with Gasteiger partial charge in [0.2, 0.25) is 0 Å². The standard InChI is InChI=1S/C26H37NO2S/c1-20(2)16-23(24(28)17-25(29)30-26(3,4)5)27(18-21-12-8-6-9-13-21)19-22-14-10-7-11-15-22/h6-15,20,23-24,28H,16-19H2,1-5H3/t23-,24+/m1/s1. The summed E-state index contributed by atoms with van der Waals surface area (Å²) < 4.78 is -0.141. The summed E-state index contributed by atoms with van der Waals surface area (Å²) in [5.74, 6) is 0.420. The zero-order chi connectivity index (χ0) is 22.1. The highest BCUT2D eigenvalue weighted by Crippen LogP contribution is 2.28. The van der Waals surface area contributed by atoms with Gasteiger partial charge < -0.3 is 5.11 Å².